The topological polar surface area (TPSA) is 17.1 Å². The van der Waals surface area contributed by atoms with Gasteiger partial charge in [-0.2, -0.15) is 0 Å². The number of rotatable bonds is 1. The Morgan fingerprint density at radius 3 is 2.45 bits per heavy atom. The van der Waals surface area contributed by atoms with E-state index >= 15 is 0 Å². The summed E-state index contributed by atoms with van der Waals surface area (Å²) >= 11 is 0. The minimum absolute atomic E-state index is 0.145. The first-order valence-electron chi connectivity index (χ1n) is 3.70. The van der Waals surface area contributed by atoms with Gasteiger partial charge in [-0.25, -0.2) is 0 Å². The Labute approximate surface area is 67.8 Å². The molecule has 0 unspecified atom stereocenters. The summed E-state index contributed by atoms with van der Waals surface area (Å²) in [6.45, 7) is 3.99. The maximum Gasteiger partial charge on any atom is 0.193 e. The van der Waals surface area contributed by atoms with Crippen LogP contribution in [0.3, 0.4) is 0 Å². The van der Waals surface area contributed by atoms with Crippen molar-refractivity contribution >= 4 is 13.5 Å². The van der Waals surface area contributed by atoms with Crippen LogP contribution >= 0.6 is 0 Å². The minimum Gasteiger partial charge on any atom is -0.307 e. The van der Waals surface area contributed by atoms with Gasteiger partial charge in [0.05, 0.1) is 0 Å². The van der Waals surface area contributed by atoms with Gasteiger partial charge < -0.3 is 4.79 Å². The van der Waals surface area contributed by atoms with Crippen molar-refractivity contribution in [2.75, 3.05) is 0 Å². The second kappa shape index (κ2) is 2.91. The van der Waals surface area contributed by atoms with Crippen molar-refractivity contribution < 1.29 is 4.79 Å². The van der Waals surface area contributed by atoms with E-state index in [1.165, 1.54) is 5.56 Å². The molecule has 0 bridgehead atoms. The maximum atomic E-state index is 11.0. The highest BCUT2D eigenvalue weighted by molar-refractivity contribution is 6.62. The predicted molar refractivity (Wildman–Crippen MR) is 48.8 cm³/mol. The van der Waals surface area contributed by atoms with Crippen molar-refractivity contribution in [2.45, 2.75) is 13.8 Å². The van der Waals surface area contributed by atoms with Gasteiger partial charge in [0.25, 0.3) is 0 Å². The Bertz CT molecular complexity index is 292. The van der Waals surface area contributed by atoms with Crippen LogP contribution in [0.15, 0.2) is 18.2 Å². The molecule has 0 heterocycles. The zero-order valence-electron chi connectivity index (χ0n) is 7.14. The highest BCUT2D eigenvalue weighted by Crippen LogP contribution is 2.11. The molecule has 0 fully saturated rings. The maximum absolute atomic E-state index is 11.0. The smallest absolute Gasteiger partial charge is 0.193 e. The molecule has 0 atom stereocenters. The second-order valence-corrected chi connectivity index (χ2v) is 2.80. The molecule has 0 aliphatic heterocycles. The molecular formula is C9H11BO. The molecular weight excluding hydrogens is 135 g/mol. The van der Waals surface area contributed by atoms with Crippen molar-refractivity contribution in [1.82, 2.24) is 0 Å². The summed E-state index contributed by atoms with van der Waals surface area (Å²) in [6.07, 6.45) is 0. The van der Waals surface area contributed by atoms with Crippen LogP contribution in [0.25, 0.3) is 0 Å². The molecule has 1 aromatic carbocycles. The van der Waals surface area contributed by atoms with Crippen LogP contribution in [0.4, 0.5) is 0 Å². The molecule has 0 aliphatic carbocycles. The van der Waals surface area contributed by atoms with Crippen LogP contribution in [-0.2, 0) is 0 Å². The average Bonchev–Trinajstić information content (AvgIpc) is 1.94. The number of hydrogen-bond acceptors (Lipinski definition) is 1. The summed E-state index contributed by atoms with van der Waals surface area (Å²) in [6, 6.07) is 5.80. The van der Waals surface area contributed by atoms with E-state index in [2.05, 4.69) is 0 Å². The minimum atomic E-state index is 0.145. The van der Waals surface area contributed by atoms with Crippen LogP contribution < -0.4 is 0 Å². The van der Waals surface area contributed by atoms with Crippen molar-refractivity contribution in [3.05, 3.63) is 34.9 Å². The lowest BCUT2D eigenvalue weighted by Crippen LogP contribution is -2.01. The van der Waals surface area contributed by atoms with E-state index in [0.29, 0.717) is 0 Å². The Kier molecular flexibility index (Phi) is 2.13. The molecule has 11 heavy (non-hydrogen) atoms. The first-order chi connectivity index (χ1) is 5.13. The molecule has 0 aliphatic rings. The Morgan fingerprint density at radius 2 is 2.00 bits per heavy atom. The van der Waals surface area contributed by atoms with Crippen molar-refractivity contribution in [1.29, 1.82) is 0 Å². The van der Waals surface area contributed by atoms with Crippen LogP contribution in [0, 0.1) is 13.8 Å². The lowest BCUT2D eigenvalue weighted by atomic mass is 9.90. The monoisotopic (exact) mass is 146 g/mol. The molecule has 56 valence electrons. The van der Waals surface area contributed by atoms with Gasteiger partial charge in [-0.15, -0.1) is 0 Å². The lowest BCUT2D eigenvalue weighted by molar-refractivity contribution is 0.108. The number of benzene rings is 1. The molecule has 0 radical (unpaired) electrons. The molecule has 1 rings (SSSR count). The highest BCUT2D eigenvalue weighted by Gasteiger charge is 2.03. The van der Waals surface area contributed by atoms with E-state index in [0.717, 1.165) is 11.1 Å². The molecule has 0 saturated heterocycles. The van der Waals surface area contributed by atoms with Crippen LogP contribution in [0.5, 0.6) is 0 Å². The van der Waals surface area contributed by atoms with Gasteiger partial charge >= 0.3 is 0 Å². The molecule has 0 amide bonds. The van der Waals surface area contributed by atoms with Gasteiger partial charge in [0.1, 0.15) is 5.68 Å². The average molecular weight is 146 g/mol. The third-order valence-electron chi connectivity index (χ3n) is 1.98. The third-order valence-corrected chi connectivity index (χ3v) is 1.98. The van der Waals surface area contributed by atoms with E-state index in [9.17, 15) is 4.79 Å². The zero-order chi connectivity index (χ0) is 8.43. The van der Waals surface area contributed by atoms with Gasteiger partial charge in [-0.05, 0) is 25.0 Å². The van der Waals surface area contributed by atoms with E-state index < -0.39 is 0 Å². The van der Waals surface area contributed by atoms with Gasteiger partial charge in [-0.1, -0.05) is 18.2 Å². The fourth-order valence-electron chi connectivity index (χ4n) is 1.13. The van der Waals surface area contributed by atoms with Gasteiger partial charge in [0, 0.05) is 5.56 Å². The predicted octanol–water partition coefficient (Wildman–Crippen LogP) is 1.08. The highest BCUT2D eigenvalue weighted by atomic mass is 16.1. The molecule has 0 saturated carbocycles. The van der Waals surface area contributed by atoms with E-state index in [1.54, 1.807) is 7.85 Å². The van der Waals surface area contributed by atoms with Gasteiger partial charge in [0.15, 0.2) is 7.85 Å². The number of carbonyl (C=O) groups excluding carboxylic acids is 1. The second-order valence-electron chi connectivity index (χ2n) is 2.80. The van der Waals surface area contributed by atoms with E-state index in [4.69, 9.17) is 0 Å². The molecule has 1 nitrogen and oxygen atoms in total. The molecule has 1 aromatic rings. The summed E-state index contributed by atoms with van der Waals surface area (Å²) in [5.74, 6) is 0. The number of carbonyl (C=O) groups is 1. The Hall–Kier alpha value is -1.05. The first-order valence-corrected chi connectivity index (χ1v) is 3.70. The third kappa shape index (κ3) is 1.51. The molecule has 0 spiro atoms. The zero-order valence-corrected chi connectivity index (χ0v) is 7.14. The molecule has 0 aromatic heterocycles. The van der Waals surface area contributed by atoms with Gasteiger partial charge in [0.2, 0.25) is 0 Å². The number of aryl methyl sites for hydroxylation is 1. The summed E-state index contributed by atoms with van der Waals surface area (Å²) < 4.78 is 0. The quantitative estimate of drug-likeness (QED) is 0.541. The standard InChI is InChI=1S/C9H11BO/c1-6-4-3-5-8(7(6)2)9(10)11/h3-5H,10H2,1-2H3. The van der Waals surface area contributed by atoms with E-state index in [1.807, 2.05) is 32.0 Å². The Balaban J connectivity index is 3.27. The van der Waals surface area contributed by atoms with Crippen molar-refractivity contribution in [2.24, 2.45) is 0 Å². The SMILES string of the molecule is BC(=O)c1cccc(C)c1C. The van der Waals surface area contributed by atoms with E-state index in [-0.39, 0.29) is 5.68 Å². The lowest BCUT2D eigenvalue weighted by Gasteiger charge is -2.03. The molecule has 2 heteroatoms. The van der Waals surface area contributed by atoms with Crippen LogP contribution in [-0.4, -0.2) is 13.5 Å². The summed E-state index contributed by atoms with van der Waals surface area (Å²) in [7, 11) is 1.60. The van der Waals surface area contributed by atoms with Crippen LogP contribution in [0.2, 0.25) is 0 Å². The van der Waals surface area contributed by atoms with Crippen molar-refractivity contribution in [3.63, 3.8) is 0 Å². The summed E-state index contributed by atoms with van der Waals surface area (Å²) in [4.78, 5) is 11.0. The fraction of sp³-hybridized carbons (Fsp3) is 0.222. The van der Waals surface area contributed by atoms with Crippen molar-refractivity contribution in [3.8, 4) is 0 Å². The largest absolute Gasteiger partial charge is 0.307 e. The molecule has 0 N–H and O–H groups in total. The normalized spacial score (nSPS) is 9.64. The fourth-order valence-corrected chi connectivity index (χ4v) is 1.13. The number of hydrogen-bond donors (Lipinski definition) is 0. The van der Waals surface area contributed by atoms with Gasteiger partial charge in [-0.3, -0.25) is 0 Å². The summed E-state index contributed by atoms with van der Waals surface area (Å²) in [5, 5.41) is 0. The summed E-state index contributed by atoms with van der Waals surface area (Å²) in [5.41, 5.74) is 3.26. The van der Waals surface area contributed by atoms with Crippen LogP contribution in [0.1, 0.15) is 21.5 Å². The first kappa shape index (κ1) is 8.06. The Morgan fingerprint density at radius 1 is 1.36 bits per heavy atom.